The molecule has 9 heteroatoms. The molecule has 0 fully saturated rings. The number of hydrogen-bond donors (Lipinski definition) is 0. The summed E-state index contributed by atoms with van der Waals surface area (Å²) in [6.45, 7) is 4.05. The van der Waals surface area contributed by atoms with Crippen molar-refractivity contribution in [2.45, 2.75) is 26.2 Å². The highest BCUT2D eigenvalue weighted by molar-refractivity contribution is 6.13. The standard InChI is InChI=1S/C62H41F6N3/c1-38-17-9-11-23-45(38)42-29-31-57-49(33-42)50-34-43(46-24-12-10-18-39(46)2)30-32-58(50)71(57)59-51(47-25-13-15-27-53(47)61(63,64)65)35-44(36-52(59)48-26-14-16-28-54(48)62(66,67)68)60-69-55(40-19-5-3-6-20-40)37-56(70-60)41-21-7-4-8-22-41/h3-37H,1-2H3. The number of rotatable bonds is 8. The Labute approximate surface area is 406 Å². The maximum Gasteiger partial charge on any atom is 0.417 e. The van der Waals surface area contributed by atoms with Crippen LogP contribution in [0.1, 0.15) is 22.3 Å². The Bertz CT molecular complexity index is 3580. The topological polar surface area (TPSA) is 30.7 Å². The monoisotopic (exact) mass is 941 g/mol. The van der Waals surface area contributed by atoms with E-state index in [1.54, 1.807) is 12.1 Å². The molecule has 3 nitrogen and oxygen atoms in total. The highest BCUT2D eigenvalue weighted by Gasteiger charge is 2.37. The predicted molar refractivity (Wildman–Crippen MR) is 274 cm³/mol. The van der Waals surface area contributed by atoms with Crippen molar-refractivity contribution in [3.05, 3.63) is 235 Å². The number of hydrogen-bond acceptors (Lipinski definition) is 2. The fourth-order valence-electron chi connectivity index (χ4n) is 9.83. The quantitative estimate of drug-likeness (QED) is 0.142. The van der Waals surface area contributed by atoms with Gasteiger partial charge in [-0.25, -0.2) is 9.97 Å². The van der Waals surface area contributed by atoms with Gasteiger partial charge < -0.3 is 4.57 Å². The first-order chi connectivity index (χ1) is 34.3. The number of aryl methyl sites for hydroxylation is 2. The number of halogens is 6. The molecular formula is C62H41F6N3. The van der Waals surface area contributed by atoms with Crippen molar-refractivity contribution >= 4 is 21.8 Å². The molecule has 71 heavy (non-hydrogen) atoms. The van der Waals surface area contributed by atoms with Gasteiger partial charge in [0.1, 0.15) is 0 Å². The van der Waals surface area contributed by atoms with Gasteiger partial charge in [0, 0.05) is 38.6 Å². The number of alkyl halides is 6. The smallest absolute Gasteiger partial charge is 0.308 e. The van der Waals surface area contributed by atoms with Gasteiger partial charge in [0.15, 0.2) is 5.82 Å². The summed E-state index contributed by atoms with van der Waals surface area (Å²) in [7, 11) is 0. The Hall–Kier alpha value is -8.56. The summed E-state index contributed by atoms with van der Waals surface area (Å²) in [4.78, 5) is 10.1. The van der Waals surface area contributed by atoms with Crippen LogP contribution in [0.2, 0.25) is 0 Å². The molecule has 0 saturated heterocycles. The van der Waals surface area contributed by atoms with Crippen LogP contribution in [-0.2, 0) is 12.4 Å². The summed E-state index contributed by atoms with van der Waals surface area (Å²) < 4.78 is 95.2. The molecule has 0 aliphatic heterocycles. The summed E-state index contributed by atoms with van der Waals surface area (Å²) >= 11 is 0. The molecule has 0 aliphatic rings. The highest BCUT2D eigenvalue weighted by Crippen LogP contribution is 2.49. The van der Waals surface area contributed by atoms with Crippen molar-refractivity contribution in [3.8, 4) is 84.1 Å². The summed E-state index contributed by atoms with van der Waals surface area (Å²) in [6.07, 6.45) is -9.71. The zero-order chi connectivity index (χ0) is 49.0. The van der Waals surface area contributed by atoms with Crippen LogP contribution in [0.25, 0.3) is 106 Å². The summed E-state index contributed by atoms with van der Waals surface area (Å²) in [6, 6.07) is 62.0. The van der Waals surface area contributed by atoms with Gasteiger partial charge >= 0.3 is 12.4 Å². The number of nitrogens with zero attached hydrogens (tertiary/aromatic N) is 3. The summed E-state index contributed by atoms with van der Waals surface area (Å²) in [5.74, 6) is 0.112. The second-order valence-corrected chi connectivity index (χ2v) is 17.6. The Kier molecular flexibility index (Phi) is 11.2. The molecule has 2 heterocycles. The van der Waals surface area contributed by atoms with E-state index in [2.05, 4.69) is 12.1 Å². The van der Waals surface area contributed by atoms with Gasteiger partial charge in [0.25, 0.3) is 0 Å². The van der Waals surface area contributed by atoms with E-state index in [4.69, 9.17) is 9.97 Å². The van der Waals surface area contributed by atoms with Crippen LogP contribution >= 0.6 is 0 Å². The molecule has 0 bridgehead atoms. The maximum atomic E-state index is 15.6. The van der Waals surface area contributed by atoms with Gasteiger partial charge in [-0.3, -0.25) is 0 Å². The molecule has 0 aliphatic carbocycles. The highest BCUT2D eigenvalue weighted by atomic mass is 19.4. The SMILES string of the molecule is Cc1ccccc1-c1ccc2c(c1)c1cc(-c3ccccc3C)ccc1n2-c1c(-c2ccccc2C(F)(F)F)cc(-c2nc(-c3ccccc3)cc(-c3ccccc3)n2)cc1-c1ccccc1C(F)(F)F. The zero-order valence-corrected chi connectivity index (χ0v) is 38.3. The van der Waals surface area contributed by atoms with Crippen LogP contribution in [0, 0.1) is 13.8 Å². The Balaban J connectivity index is 1.32. The lowest BCUT2D eigenvalue weighted by molar-refractivity contribution is -0.137. The third kappa shape index (κ3) is 8.33. The number of fused-ring (bicyclic) bond motifs is 3. The average molecular weight is 942 g/mol. The fraction of sp³-hybridized carbons (Fsp3) is 0.0645. The first-order valence-corrected chi connectivity index (χ1v) is 23.0. The van der Waals surface area contributed by atoms with Crippen molar-refractivity contribution in [1.82, 2.24) is 14.5 Å². The molecule has 9 aromatic carbocycles. The van der Waals surface area contributed by atoms with Crippen LogP contribution in [0.4, 0.5) is 26.3 Å². The third-order valence-corrected chi connectivity index (χ3v) is 13.2. The minimum atomic E-state index is -4.86. The van der Waals surface area contributed by atoms with Crippen molar-refractivity contribution in [1.29, 1.82) is 0 Å². The largest absolute Gasteiger partial charge is 0.417 e. The van der Waals surface area contributed by atoms with Gasteiger partial charge in [-0.2, -0.15) is 26.3 Å². The average Bonchev–Trinajstić information content (AvgIpc) is 3.71. The van der Waals surface area contributed by atoms with Crippen LogP contribution in [0.15, 0.2) is 212 Å². The predicted octanol–water partition coefficient (Wildman–Crippen LogP) is 17.9. The van der Waals surface area contributed by atoms with Crippen LogP contribution in [0.3, 0.4) is 0 Å². The van der Waals surface area contributed by atoms with Crippen LogP contribution < -0.4 is 0 Å². The normalized spacial score (nSPS) is 11.9. The lowest BCUT2D eigenvalue weighted by Crippen LogP contribution is -2.11. The maximum absolute atomic E-state index is 15.6. The minimum absolute atomic E-state index is 0.0298. The lowest BCUT2D eigenvalue weighted by Gasteiger charge is -2.24. The molecule has 346 valence electrons. The van der Waals surface area contributed by atoms with Crippen LogP contribution in [0.5, 0.6) is 0 Å². The molecule has 0 radical (unpaired) electrons. The number of aromatic nitrogens is 3. The minimum Gasteiger partial charge on any atom is -0.308 e. The van der Waals surface area contributed by atoms with E-state index in [9.17, 15) is 0 Å². The Morgan fingerprint density at radius 1 is 0.338 bits per heavy atom. The molecule has 11 aromatic rings. The van der Waals surface area contributed by atoms with E-state index >= 15 is 26.3 Å². The third-order valence-electron chi connectivity index (χ3n) is 13.2. The van der Waals surface area contributed by atoms with E-state index < -0.39 is 23.5 Å². The van der Waals surface area contributed by atoms with E-state index in [1.165, 1.54) is 36.4 Å². The zero-order valence-electron chi connectivity index (χ0n) is 38.3. The van der Waals surface area contributed by atoms with E-state index in [1.807, 2.05) is 158 Å². The molecule has 0 N–H and O–H groups in total. The molecule has 0 amide bonds. The van der Waals surface area contributed by atoms with Gasteiger partial charge in [-0.15, -0.1) is 0 Å². The molecule has 0 spiro atoms. The van der Waals surface area contributed by atoms with Gasteiger partial charge in [-0.1, -0.05) is 158 Å². The molecular weight excluding hydrogens is 901 g/mol. The molecule has 2 aromatic heterocycles. The first-order valence-electron chi connectivity index (χ1n) is 23.0. The van der Waals surface area contributed by atoms with Gasteiger partial charge in [-0.05, 0) is 113 Å². The van der Waals surface area contributed by atoms with E-state index in [0.717, 1.165) is 67.4 Å². The van der Waals surface area contributed by atoms with E-state index in [0.29, 0.717) is 22.4 Å². The lowest BCUT2D eigenvalue weighted by atomic mass is 9.88. The summed E-state index contributed by atoms with van der Waals surface area (Å²) in [5, 5.41) is 1.52. The van der Waals surface area contributed by atoms with E-state index in [-0.39, 0.29) is 39.3 Å². The van der Waals surface area contributed by atoms with Gasteiger partial charge in [0.2, 0.25) is 0 Å². The second kappa shape index (κ2) is 17.8. The molecule has 0 saturated carbocycles. The van der Waals surface area contributed by atoms with Crippen molar-refractivity contribution in [3.63, 3.8) is 0 Å². The summed E-state index contributed by atoms with van der Waals surface area (Å²) in [5.41, 5.74) is 7.58. The molecule has 11 rings (SSSR count). The first kappa shape index (κ1) is 44.9. The van der Waals surface area contributed by atoms with Crippen molar-refractivity contribution in [2.24, 2.45) is 0 Å². The van der Waals surface area contributed by atoms with Crippen molar-refractivity contribution in [2.75, 3.05) is 0 Å². The number of benzene rings is 9. The Morgan fingerprint density at radius 2 is 0.718 bits per heavy atom. The van der Waals surface area contributed by atoms with Gasteiger partial charge in [0.05, 0.1) is 39.2 Å². The molecule has 0 unspecified atom stereocenters. The Morgan fingerprint density at radius 3 is 1.13 bits per heavy atom. The second-order valence-electron chi connectivity index (χ2n) is 17.6. The van der Waals surface area contributed by atoms with Crippen LogP contribution in [-0.4, -0.2) is 14.5 Å². The fourth-order valence-corrected chi connectivity index (χ4v) is 9.83. The van der Waals surface area contributed by atoms with Crippen molar-refractivity contribution < 1.29 is 26.3 Å². The molecule has 0 atom stereocenters.